The smallest absolute Gasteiger partial charge is 0.222 e. The summed E-state index contributed by atoms with van der Waals surface area (Å²) in [6.07, 6.45) is 0.346. The third-order valence-electron chi connectivity index (χ3n) is 3.27. The molecule has 0 bridgehead atoms. The van der Waals surface area contributed by atoms with Crippen LogP contribution in [0.3, 0.4) is 0 Å². The summed E-state index contributed by atoms with van der Waals surface area (Å²) < 4.78 is 1.00. The molecule has 3 nitrogen and oxygen atoms in total. The Bertz CT molecular complexity index is 440. The fraction of sp³-hybridized carbons (Fsp3) is 0.533. The van der Waals surface area contributed by atoms with E-state index in [1.807, 2.05) is 52.0 Å². The van der Waals surface area contributed by atoms with Gasteiger partial charge in [0.2, 0.25) is 5.91 Å². The van der Waals surface area contributed by atoms with Crippen molar-refractivity contribution < 1.29 is 4.79 Å². The molecule has 0 heterocycles. The summed E-state index contributed by atoms with van der Waals surface area (Å²) in [4.78, 5) is 12.0. The molecule has 1 aromatic rings. The first-order valence-corrected chi connectivity index (χ1v) is 7.30. The molecule has 3 N–H and O–H groups in total. The van der Waals surface area contributed by atoms with Crippen molar-refractivity contribution >= 4 is 21.8 Å². The van der Waals surface area contributed by atoms with Crippen LogP contribution in [0.5, 0.6) is 0 Å². The number of nitrogens with one attached hydrogen (secondary N) is 1. The first-order chi connectivity index (χ1) is 8.71. The molecule has 0 radical (unpaired) electrons. The Balaban J connectivity index is 2.61. The fourth-order valence-corrected chi connectivity index (χ4v) is 2.34. The van der Waals surface area contributed by atoms with Gasteiger partial charge in [-0.3, -0.25) is 4.79 Å². The van der Waals surface area contributed by atoms with Crippen LogP contribution in [0.25, 0.3) is 0 Å². The Hall–Kier alpha value is -0.870. The van der Waals surface area contributed by atoms with Gasteiger partial charge in [-0.05, 0) is 24.0 Å². The topological polar surface area (TPSA) is 55.1 Å². The molecule has 0 fully saturated rings. The maximum absolute atomic E-state index is 12.0. The average molecular weight is 327 g/mol. The van der Waals surface area contributed by atoms with Crippen LogP contribution in [0.2, 0.25) is 0 Å². The van der Waals surface area contributed by atoms with Gasteiger partial charge in [-0.25, -0.2) is 0 Å². The van der Waals surface area contributed by atoms with Crippen molar-refractivity contribution in [3.63, 3.8) is 0 Å². The molecule has 2 atom stereocenters. The average Bonchev–Trinajstić information content (AvgIpc) is 2.27. The molecule has 0 spiro atoms. The zero-order valence-corrected chi connectivity index (χ0v) is 13.6. The molecule has 0 aliphatic carbocycles. The van der Waals surface area contributed by atoms with Gasteiger partial charge in [0.25, 0.3) is 0 Å². The second kappa shape index (κ2) is 6.53. The Labute approximate surface area is 124 Å². The van der Waals surface area contributed by atoms with Gasteiger partial charge in [-0.1, -0.05) is 54.9 Å². The first kappa shape index (κ1) is 16.2. The minimum Gasteiger partial charge on any atom is -0.349 e. The van der Waals surface area contributed by atoms with Crippen molar-refractivity contribution in [3.05, 3.63) is 34.3 Å². The standard InChI is InChI=1S/C15H23BrN2O/c1-10(11-7-5-6-8-12(11)16)18-14(19)9-13(17)15(2,3)4/h5-8,10,13H,9,17H2,1-4H3,(H,18,19). The normalized spacial score (nSPS) is 14.8. The molecule has 106 valence electrons. The monoisotopic (exact) mass is 326 g/mol. The van der Waals surface area contributed by atoms with Gasteiger partial charge in [-0.2, -0.15) is 0 Å². The number of rotatable bonds is 4. The van der Waals surface area contributed by atoms with Gasteiger partial charge in [0.15, 0.2) is 0 Å². The summed E-state index contributed by atoms with van der Waals surface area (Å²) in [5, 5.41) is 2.99. The van der Waals surface area contributed by atoms with Gasteiger partial charge >= 0.3 is 0 Å². The highest BCUT2D eigenvalue weighted by Gasteiger charge is 2.24. The zero-order valence-electron chi connectivity index (χ0n) is 12.0. The van der Waals surface area contributed by atoms with Crippen molar-refractivity contribution in [3.8, 4) is 0 Å². The number of amides is 1. The molecule has 1 aromatic carbocycles. The lowest BCUT2D eigenvalue weighted by molar-refractivity contribution is -0.122. The third-order valence-corrected chi connectivity index (χ3v) is 3.99. The molecule has 1 rings (SSSR count). The molecular formula is C15H23BrN2O. The van der Waals surface area contributed by atoms with Gasteiger partial charge in [0.05, 0.1) is 6.04 Å². The van der Waals surface area contributed by atoms with Crippen LogP contribution in [-0.4, -0.2) is 11.9 Å². The highest BCUT2D eigenvalue weighted by Crippen LogP contribution is 2.23. The van der Waals surface area contributed by atoms with E-state index in [9.17, 15) is 4.79 Å². The summed E-state index contributed by atoms with van der Waals surface area (Å²) in [7, 11) is 0. The van der Waals surface area contributed by atoms with Crippen LogP contribution >= 0.6 is 15.9 Å². The summed E-state index contributed by atoms with van der Waals surface area (Å²) in [5.41, 5.74) is 7.03. The van der Waals surface area contributed by atoms with Crippen LogP contribution in [0.1, 0.15) is 45.7 Å². The lowest BCUT2D eigenvalue weighted by Gasteiger charge is -2.27. The highest BCUT2D eigenvalue weighted by molar-refractivity contribution is 9.10. The Morgan fingerprint density at radius 1 is 1.37 bits per heavy atom. The minimum absolute atomic E-state index is 0.00863. The number of hydrogen-bond acceptors (Lipinski definition) is 2. The SMILES string of the molecule is CC(NC(=O)CC(N)C(C)(C)C)c1ccccc1Br. The molecule has 0 aliphatic rings. The largest absolute Gasteiger partial charge is 0.349 e. The van der Waals surface area contributed by atoms with Crippen molar-refractivity contribution in [2.24, 2.45) is 11.1 Å². The molecule has 0 saturated heterocycles. The predicted octanol–water partition coefficient (Wildman–Crippen LogP) is 3.39. The van der Waals surface area contributed by atoms with Crippen molar-refractivity contribution in [1.29, 1.82) is 0 Å². The Morgan fingerprint density at radius 3 is 2.47 bits per heavy atom. The molecule has 0 aromatic heterocycles. The van der Waals surface area contributed by atoms with Crippen LogP contribution in [0.15, 0.2) is 28.7 Å². The zero-order chi connectivity index (χ0) is 14.6. The summed E-state index contributed by atoms with van der Waals surface area (Å²) >= 11 is 3.49. The van der Waals surface area contributed by atoms with E-state index in [1.54, 1.807) is 0 Å². The maximum Gasteiger partial charge on any atom is 0.222 e. The molecule has 19 heavy (non-hydrogen) atoms. The van der Waals surface area contributed by atoms with E-state index >= 15 is 0 Å². The van der Waals surface area contributed by atoms with Crippen LogP contribution in [0, 0.1) is 5.41 Å². The third kappa shape index (κ3) is 4.96. The molecule has 1 amide bonds. The van der Waals surface area contributed by atoms with E-state index in [1.165, 1.54) is 0 Å². The second-order valence-electron chi connectivity index (χ2n) is 5.99. The molecule has 4 heteroatoms. The van der Waals surface area contributed by atoms with Gasteiger partial charge in [0, 0.05) is 16.9 Å². The Morgan fingerprint density at radius 2 is 1.95 bits per heavy atom. The predicted molar refractivity (Wildman–Crippen MR) is 82.7 cm³/mol. The van der Waals surface area contributed by atoms with Crippen LogP contribution < -0.4 is 11.1 Å². The lowest BCUT2D eigenvalue weighted by Crippen LogP contribution is -2.40. The molecular weight excluding hydrogens is 304 g/mol. The van der Waals surface area contributed by atoms with E-state index in [0.717, 1.165) is 10.0 Å². The van der Waals surface area contributed by atoms with Gasteiger partial charge in [-0.15, -0.1) is 0 Å². The maximum atomic E-state index is 12.0. The molecule has 0 aliphatic heterocycles. The number of nitrogens with two attached hydrogens (primary N) is 1. The van der Waals surface area contributed by atoms with Crippen molar-refractivity contribution in [2.45, 2.75) is 46.2 Å². The van der Waals surface area contributed by atoms with E-state index in [-0.39, 0.29) is 23.4 Å². The number of halogens is 1. The number of benzene rings is 1. The van der Waals surface area contributed by atoms with E-state index in [2.05, 4.69) is 21.2 Å². The van der Waals surface area contributed by atoms with Crippen LogP contribution in [0.4, 0.5) is 0 Å². The van der Waals surface area contributed by atoms with E-state index in [0.29, 0.717) is 6.42 Å². The number of hydrogen-bond donors (Lipinski definition) is 2. The number of carbonyl (C=O) groups excluding carboxylic acids is 1. The minimum atomic E-state index is -0.140. The van der Waals surface area contributed by atoms with Crippen LogP contribution in [-0.2, 0) is 4.79 Å². The Kier molecular flexibility index (Phi) is 5.56. The fourth-order valence-electron chi connectivity index (χ4n) is 1.71. The van der Waals surface area contributed by atoms with Gasteiger partial charge < -0.3 is 11.1 Å². The van der Waals surface area contributed by atoms with E-state index < -0.39 is 0 Å². The summed E-state index contributed by atoms with van der Waals surface area (Å²) in [5.74, 6) is -0.00863. The number of carbonyl (C=O) groups is 1. The van der Waals surface area contributed by atoms with Gasteiger partial charge in [0.1, 0.15) is 0 Å². The quantitative estimate of drug-likeness (QED) is 0.891. The summed E-state index contributed by atoms with van der Waals surface area (Å²) in [6, 6.07) is 7.72. The lowest BCUT2D eigenvalue weighted by atomic mass is 9.85. The van der Waals surface area contributed by atoms with E-state index in [4.69, 9.17) is 5.73 Å². The first-order valence-electron chi connectivity index (χ1n) is 6.51. The second-order valence-corrected chi connectivity index (χ2v) is 6.84. The molecule has 2 unspecified atom stereocenters. The highest BCUT2D eigenvalue weighted by atomic mass is 79.9. The summed E-state index contributed by atoms with van der Waals surface area (Å²) in [6.45, 7) is 8.10. The van der Waals surface area contributed by atoms with Crippen molar-refractivity contribution in [1.82, 2.24) is 5.32 Å². The van der Waals surface area contributed by atoms with Crippen molar-refractivity contribution in [2.75, 3.05) is 0 Å². The molecule has 0 saturated carbocycles.